The van der Waals surface area contributed by atoms with E-state index in [4.69, 9.17) is 14.6 Å². The molecule has 0 aliphatic carbocycles. The number of carboxylic acids is 1. The largest absolute Gasteiger partial charge is 0.490 e. The molecule has 0 aliphatic rings. The summed E-state index contributed by atoms with van der Waals surface area (Å²) in [5.41, 5.74) is 1.10. The average molecular weight is 428 g/mol. The number of carbonyl (C=O) groups is 2. The molecule has 10 nitrogen and oxygen atoms in total. The van der Waals surface area contributed by atoms with E-state index in [0.29, 0.717) is 6.54 Å². The van der Waals surface area contributed by atoms with Crippen molar-refractivity contribution in [2.75, 3.05) is 0 Å². The fourth-order valence-corrected chi connectivity index (χ4v) is 2.27. The van der Waals surface area contributed by atoms with Crippen LogP contribution in [0.4, 0.5) is 13.2 Å². The summed E-state index contributed by atoms with van der Waals surface area (Å²) < 4.78 is 42.5. The van der Waals surface area contributed by atoms with Gasteiger partial charge in [0.2, 0.25) is 0 Å². The number of halogens is 3. The molecule has 1 unspecified atom stereocenters. The number of rotatable bonds is 5. The number of aromatic nitrogens is 6. The molecule has 1 N–H and O–H groups in total. The van der Waals surface area contributed by atoms with Gasteiger partial charge in [-0.2, -0.15) is 18.3 Å². The Kier molecular flexibility index (Phi) is 6.97. The van der Waals surface area contributed by atoms with Crippen LogP contribution in [0.25, 0.3) is 5.69 Å². The molecule has 0 spiro atoms. The highest BCUT2D eigenvalue weighted by molar-refractivity contribution is 5.87. The van der Waals surface area contributed by atoms with Crippen molar-refractivity contribution in [3.8, 4) is 5.69 Å². The van der Waals surface area contributed by atoms with Crippen LogP contribution in [0.1, 0.15) is 23.2 Å². The zero-order valence-corrected chi connectivity index (χ0v) is 16.2. The van der Waals surface area contributed by atoms with E-state index in [1.165, 1.54) is 0 Å². The molecule has 0 aromatic carbocycles. The molecule has 1 atom stereocenters. The summed E-state index contributed by atoms with van der Waals surface area (Å²) in [5.74, 6) is -2.32. The third kappa shape index (κ3) is 6.18. The molecule has 0 aliphatic heterocycles. The number of hydrogen-bond donors (Lipinski definition) is 1. The van der Waals surface area contributed by atoms with Crippen LogP contribution in [0.3, 0.4) is 0 Å². The van der Waals surface area contributed by atoms with Gasteiger partial charge in [-0.3, -0.25) is 4.68 Å². The number of hydrogen-bond acceptors (Lipinski definition) is 6. The van der Waals surface area contributed by atoms with Crippen LogP contribution in [-0.4, -0.2) is 58.2 Å². The number of aliphatic carboxylic acids is 1. The Morgan fingerprint density at radius 2 is 1.93 bits per heavy atom. The molecule has 0 amide bonds. The van der Waals surface area contributed by atoms with Gasteiger partial charge in [-0.1, -0.05) is 0 Å². The lowest BCUT2D eigenvalue weighted by Gasteiger charge is -2.13. The third-order valence-electron chi connectivity index (χ3n) is 3.71. The zero-order chi connectivity index (χ0) is 22.5. The Hall–Kier alpha value is -3.64. The number of carbonyl (C=O) groups excluding carboxylic acids is 1. The summed E-state index contributed by atoms with van der Waals surface area (Å²) in [5, 5.41) is 11.2. The van der Waals surface area contributed by atoms with E-state index in [2.05, 4.69) is 15.1 Å². The summed E-state index contributed by atoms with van der Waals surface area (Å²) >= 11 is 0. The SMILES string of the molecule is Cc1nccn1CC(C)OC(=O)c1cn(-c2cnn(C)c2)cn1.O=C(O)C(F)(F)F. The molecule has 0 bridgehead atoms. The lowest BCUT2D eigenvalue weighted by atomic mass is 10.4. The van der Waals surface area contributed by atoms with Crippen LogP contribution >= 0.6 is 0 Å². The van der Waals surface area contributed by atoms with Crippen LogP contribution in [0.15, 0.2) is 37.3 Å². The maximum absolute atomic E-state index is 12.2. The van der Waals surface area contributed by atoms with Crippen molar-refractivity contribution in [1.29, 1.82) is 0 Å². The molecule has 3 heterocycles. The molecular formula is C17H19F3N6O4. The van der Waals surface area contributed by atoms with Gasteiger partial charge >= 0.3 is 18.1 Å². The molecule has 0 saturated heterocycles. The second-order valence-corrected chi connectivity index (χ2v) is 6.18. The van der Waals surface area contributed by atoms with Gasteiger partial charge in [-0.15, -0.1) is 0 Å². The minimum atomic E-state index is -5.08. The van der Waals surface area contributed by atoms with Gasteiger partial charge in [0.05, 0.1) is 18.4 Å². The highest BCUT2D eigenvalue weighted by Crippen LogP contribution is 2.13. The van der Waals surface area contributed by atoms with Crippen LogP contribution in [0, 0.1) is 6.92 Å². The third-order valence-corrected chi connectivity index (χ3v) is 3.71. The number of ether oxygens (including phenoxy) is 1. The monoisotopic (exact) mass is 428 g/mol. The first kappa shape index (κ1) is 22.6. The summed E-state index contributed by atoms with van der Waals surface area (Å²) in [6.07, 6.45) is 4.95. The fraction of sp³-hybridized carbons (Fsp3) is 0.353. The van der Waals surface area contributed by atoms with E-state index < -0.39 is 18.1 Å². The van der Waals surface area contributed by atoms with Crippen molar-refractivity contribution in [3.63, 3.8) is 0 Å². The van der Waals surface area contributed by atoms with Crippen LogP contribution < -0.4 is 0 Å². The van der Waals surface area contributed by atoms with Crippen molar-refractivity contribution in [1.82, 2.24) is 28.9 Å². The Morgan fingerprint density at radius 3 is 2.43 bits per heavy atom. The highest BCUT2D eigenvalue weighted by atomic mass is 19.4. The van der Waals surface area contributed by atoms with E-state index in [0.717, 1.165) is 11.5 Å². The molecule has 0 radical (unpaired) electrons. The van der Waals surface area contributed by atoms with Gasteiger partial charge < -0.3 is 19.0 Å². The summed E-state index contributed by atoms with van der Waals surface area (Å²) in [7, 11) is 1.83. The van der Waals surface area contributed by atoms with E-state index >= 15 is 0 Å². The molecule has 13 heteroatoms. The summed E-state index contributed by atoms with van der Waals surface area (Å²) in [6.45, 7) is 4.31. The van der Waals surface area contributed by atoms with Crippen LogP contribution in [0.2, 0.25) is 0 Å². The lowest BCUT2D eigenvalue weighted by molar-refractivity contribution is -0.192. The Morgan fingerprint density at radius 1 is 1.27 bits per heavy atom. The van der Waals surface area contributed by atoms with E-state index in [-0.39, 0.29) is 11.8 Å². The maximum Gasteiger partial charge on any atom is 0.490 e. The molecule has 3 aromatic rings. The number of nitrogens with zero attached hydrogens (tertiary/aromatic N) is 6. The topological polar surface area (TPSA) is 117 Å². The molecule has 30 heavy (non-hydrogen) atoms. The molecular weight excluding hydrogens is 409 g/mol. The lowest BCUT2D eigenvalue weighted by Crippen LogP contribution is -2.21. The smallest absolute Gasteiger partial charge is 0.475 e. The maximum atomic E-state index is 12.2. The van der Waals surface area contributed by atoms with Gasteiger partial charge in [0.25, 0.3) is 0 Å². The first-order valence-corrected chi connectivity index (χ1v) is 8.49. The number of esters is 1. The second kappa shape index (κ2) is 9.24. The van der Waals surface area contributed by atoms with Crippen molar-refractivity contribution >= 4 is 11.9 Å². The predicted molar refractivity (Wildman–Crippen MR) is 95.9 cm³/mol. The van der Waals surface area contributed by atoms with E-state index in [9.17, 15) is 18.0 Å². The molecule has 0 saturated carbocycles. The van der Waals surface area contributed by atoms with Crippen molar-refractivity contribution < 1.29 is 32.6 Å². The predicted octanol–water partition coefficient (Wildman–Crippen LogP) is 1.99. The van der Waals surface area contributed by atoms with Crippen LogP contribution in [-0.2, 0) is 23.1 Å². The summed E-state index contributed by atoms with van der Waals surface area (Å²) in [4.78, 5) is 29.3. The normalized spacial score (nSPS) is 12.1. The first-order valence-electron chi connectivity index (χ1n) is 8.49. The fourth-order valence-electron chi connectivity index (χ4n) is 2.27. The second-order valence-electron chi connectivity index (χ2n) is 6.18. The quantitative estimate of drug-likeness (QED) is 0.618. The van der Waals surface area contributed by atoms with Crippen molar-refractivity contribution in [2.24, 2.45) is 7.05 Å². The first-order chi connectivity index (χ1) is 14.0. The van der Waals surface area contributed by atoms with Gasteiger partial charge in [0, 0.05) is 31.8 Å². The highest BCUT2D eigenvalue weighted by Gasteiger charge is 2.38. The minimum absolute atomic E-state index is 0.267. The minimum Gasteiger partial charge on any atom is -0.475 e. The van der Waals surface area contributed by atoms with Gasteiger partial charge in [0.15, 0.2) is 5.69 Å². The number of aryl methyl sites for hydroxylation is 2. The van der Waals surface area contributed by atoms with Crippen molar-refractivity contribution in [2.45, 2.75) is 32.7 Å². The van der Waals surface area contributed by atoms with Gasteiger partial charge in [0.1, 0.15) is 18.3 Å². The summed E-state index contributed by atoms with van der Waals surface area (Å²) in [6, 6.07) is 0. The average Bonchev–Trinajstić information content (AvgIpc) is 3.36. The van der Waals surface area contributed by atoms with Crippen LogP contribution in [0.5, 0.6) is 0 Å². The van der Waals surface area contributed by atoms with E-state index in [1.807, 2.05) is 37.9 Å². The van der Waals surface area contributed by atoms with Gasteiger partial charge in [-0.25, -0.2) is 19.6 Å². The number of imidazole rings is 2. The number of carboxylic acid groups (broad SMARTS) is 1. The molecule has 3 aromatic heterocycles. The Balaban J connectivity index is 0.000000396. The Labute approximate surface area is 168 Å². The van der Waals surface area contributed by atoms with E-state index in [1.54, 1.807) is 34.2 Å². The number of alkyl halides is 3. The molecule has 162 valence electrons. The molecule has 3 rings (SSSR count). The zero-order valence-electron chi connectivity index (χ0n) is 16.2. The Bertz CT molecular complexity index is 1010. The molecule has 0 fully saturated rings. The standard InChI is InChI=1S/C15H18N6O2.C2HF3O2/c1-11(7-20-5-4-16-12(20)2)23-15(22)14-9-21(10-17-14)13-6-18-19(3)8-13;3-2(4,5)1(6)7/h4-6,8-11H,7H2,1-3H3;(H,6,7). The van der Waals surface area contributed by atoms with Crippen molar-refractivity contribution in [3.05, 3.63) is 48.8 Å². The van der Waals surface area contributed by atoms with Gasteiger partial charge in [-0.05, 0) is 13.8 Å².